The number of nitrogens with zero attached hydrogens (tertiary/aromatic N) is 1. The summed E-state index contributed by atoms with van der Waals surface area (Å²) in [7, 11) is 1.63. The maximum atomic E-state index is 12.3. The fourth-order valence-electron chi connectivity index (χ4n) is 2.60. The molecule has 0 unspecified atom stereocenters. The first-order valence-electron chi connectivity index (χ1n) is 6.90. The second-order valence-corrected chi connectivity index (χ2v) is 6.73. The van der Waals surface area contributed by atoms with Crippen LogP contribution in [0.4, 0.5) is 0 Å². The second-order valence-electron chi connectivity index (χ2n) is 6.73. The highest BCUT2D eigenvalue weighted by molar-refractivity contribution is 5.88. The normalized spacial score (nSPS) is 21.3. The summed E-state index contributed by atoms with van der Waals surface area (Å²) in [5.41, 5.74) is -0.909. The van der Waals surface area contributed by atoms with Crippen molar-refractivity contribution in [2.75, 3.05) is 13.6 Å². The lowest BCUT2D eigenvalue weighted by Gasteiger charge is -2.38. The van der Waals surface area contributed by atoms with Crippen molar-refractivity contribution in [2.24, 2.45) is 0 Å². The van der Waals surface area contributed by atoms with Crippen LogP contribution in [0.15, 0.2) is 0 Å². The number of carbonyl (C=O) groups excluding carboxylic acids is 2. The van der Waals surface area contributed by atoms with Crippen molar-refractivity contribution in [3.63, 3.8) is 0 Å². The van der Waals surface area contributed by atoms with Crippen LogP contribution in [0.2, 0.25) is 0 Å². The van der Waals surface area contributed by atoms with E-state index in [-0.39, 0.29) is 23.4 Å². The summed E-state index contributed by atoms with van der Waals surface area (Å²) < 4.78 is 0. The fraction of sp³-hybridized carbons (Fsp3) is 0.857. The topological polar surface area (TPSA) is 61.4 Å². The lowest BCUT2D eigenvalue weighted by molar-refractivity contribution is -0.136. The number of carbonyl (C=O) groups is 2. The number of hydrogen-bond acceptors (Lipinski definition) is 3. The standard InChI is InChI=1S/C14H27N3O2/c1-13(2,3)16-11(18)10-8-7-9-17(10)14(4,5)12(19)15-6/h10H,7-9H2,1-6H3,(H,15,19)(H,16,18)/t10-/m0/s1. The number of amides is 2. The van der Waals surface area contributed by atoms with Gasteiger partial charge in [-0.1, -0.05) is 0 Å². The van der Waals surface area contributed by atoms with Gasteiger partial charge in [0.2, 0.25) is 11.8 Å². The lowest BCUT2D eigenvalue weighted by Crippen LogP contribution is -2.60. The molecule has 0 saturated carbocycles. The molecule has 0 aromatic rings. The maximum Gasteiger partial charge on any atom is 0.239 e. The van der Waals surface area contributed by atoms with Gasteiger partial charge < -0.3 is 10.6 Å². The number of nitrogens with one attached hydrogen (secondary N) is 2. The van der Waals surface area contributed by atoms with Gasteiger partial charge in [0.1, 0.15) is 0 Å². The van der Waals surface area contributed by atoms with Crippen molar-refractivity contribution >= 4 is 11.8 Å². The van der Waals surface area contributed by atoms with E-state index < -0.39 is 5.54 Å². The van der Waals surface area contributed by atoms with Crippen LogP contribution in [0, 0.1) is 0 Å². The Balaban J connectivity index is 2.85. The molecule has 0 aromatic heterocycles. The molecule has 0 aliphatic carbocycles. The summed E-state index contributed by atoms with van der Waals surface area (Å²) in [6.07, 6.45) is 1.75. The van der Waals surface area contributed by atoms with Gasteiger partial charge in [0.15, 0.2) is 0 Å². The van der Waals surface area contributed by atoms with Crippen LogP contribution in [-0.2, 0) is 9.59 Å². The molecule has 1 fully saturated rings. The highest BCUT2D eigenvalue weighted by Crippen LogP contribution is 2.27. The minimum absolute atomic E-state index is 0.0157. The van der Waals surface area contributed by atoms with Gasteiger partial charge in [0.05, 0.1) is 11.6 Å². The molecule has 0 bridgehead atoms. The van der Waals surface area contributed by atoms with Crippen LogP contribution in [0.1, 0.15) is 47.5 Å². The van der Waals surface area contributed by atoms with Crippen LogP contribution in [-0.4, -0.2) is 47.4 Å². The average Bonchev–Trinajstić information content (AvgIpc) is 2.74. The lowest BCUT2D eigenvalue weighted by atomic mass is 9.99. The first kappa shape index (κ1) is 16.0. The third kappa shape index (κ3) is 3.69. The predicted octanol–water partition coefficient (Wildman–Crippen LogP) is 0.890. The summed E-state index contributed by atoms with van der Waals surface area (Å²) >= 11 is 0. The molecule has 110 valence electrons. The molecule has 1 saturated heterocycles. The molecule has 2 N–H and O–H groups in total. The summed E-state index contributed by atoms with van der Waals surface area (Å²) in [5.74, 6) is -0.0371. The van der Waals surface area contributed by atoms with Gasteiger partial charge in [-0.3, -0.25) is 14.5 Å². The van der Waals surface area contributed by atoms with Crippen molar-refractivity contribution in [1.82, 2.24) is 15.5 Å². The summed E-state index contributed by atoms with van der Waals surface area (Å²) in [6.45, 7) is 10.4. The molecule has 1 heterocycles. The zero-order valence-corrected chi connectivity index (χ0v) is 13.0. The van der Waals surface area contributed by atoms with Crippen LogP contribution < -0.4 is 10.6 Å². The molecule has 2 amide bonds. The predicted molar refractivity (Wildman–Crippen MR) is 75.8 cm³/mol. The van der Waals surface area contributed by atoms with E-state index in [1.54, 1.807) is 7.05 Å². The van der Waals surface area contributed by atoms with Crippen molar-refractivity contribution < 1.29 is 9.59 Å². The van der Waals surface area contributed by atoms with E-state index in [4.69, 9.17) is 0 Å². The Labute approximate surface area is 116 Å². The van der Waals surface area contributed by atoms with Crippen LogP contribution in [0.3, 0.4) is 0 Å². The van der Waals surface area contributed by atoms with Gasteiger partial charge >= 0.3 is 0 Å². The first-order valence-corrected chi connectivity index (χ1v) is 6.90. The van der Waals surface area contributed by atoms with E-state index in [9.17, 15) is 9.59 Å². The Kier molecular flexibility index (Phi) is 4.61. The van der Waals surface area contributed by atoms with Gasteiger partial charge in [0, 0.05) is 19.1 Å². The third-order valence-corrected chi connectivity index (χ3v) is 3.55. The molecule has 1 rings (SSSR count). The molecule has 5 nitrogen and oxygen atoms in total. The number of likely N-dealkylation sites (N-methyl/N-ethyl adjacent to an activating group) is 1. The molecule has 5 heteroatoms. The molecule has 1 aliphatic heterocycles. The quantitative estimate of drug-likeness (QED) is 0.800. The van der Waals surface area contributed by atoms with Crippen molar-refractivity contribution in [2.45, 2.75) is 64.6 Å². The van der Waals surface area contributed by atoms with E-state index in [1.807, 2.05) is 39.5 Å². The zero-order chi connectivity index (χ0) is 14.8. The Morgan fingerprint density at radius 1 is 1.16 bits per heavy atom. The minimum atomic E-state index is -0.662. The van der Waals surface area contributed by atoms with Gasteiger partial charge in [-0.2, -0.15) is 0 Å². The van der Waals surface area contributed by atoms with E-state index in [0.29, 0.717) is 0 Å². The molecule has 0 radical (unpaired) electrons. The van der Waals surface area contributed by atoms with E-state index >= 15 is 0 Å². The monoisotopic (exact) mass is 269 g/mol. The zero-order valence-electron chi connectivity index (χ0n) is 13.0. The SMILES string of the molecule is CNC(=O)C(C)(C)N1CCC[C@H]1C(=O)NC(C)(C)C. The Morgan fingerprint density at radius 3 is 2.21 bits per heavy atom. The molecule has 0 spiro atoms. The first-order chi connectivity index (χ1) is 8.59. The Bertz CT molecular complexity index is 358. The van der Waals surface area contributed by atoms with Crippen LogP contribution in [0.5, 0.6) is 0 Å². The largest absolute Gasteiger partial charge is 0.358 e. The number of likely N-dealkylation sites (tertiary alicyclic amines) is 1. The minimum Gasteiger partial charge on any atom is -0.358 e. The van der Waals surface area contributed by atoms with Crippen molar-refractivity contribution in [3.8, 4) is 0 Å². The van der Waals surface area contributed by atoms with Gasteiger partial charge in [-0.25, -0.2) is 0 Å². The van der Waals surface area contributed by atoms with E-state index in [2.05, 4.69) is 10.6 Å². The maximum absolute atomic E-state index is 12.3. The third-order valence-electron chi connectivity index (χ3n) is 3.55. The van der Waals surface area contributed by atoms with Gasteiger partial charge in [-0.15, -0.1) is 0 Å². The highest BCUT2D eigenvalue weighted by Gasteiger charge is 2.43. The fourth-order valence-corrected chi connectivity index (χ4v) is 2.60. The smallest absolute Gasteiger partial charge is 0.239 e. The molecule has 0 aromatic carbocycles. The van der Waals surface area contributed by atoms with Crippen molar-refractivity contribution in [3.05, 3.63) is 0 Å². The highest BCUT2D eigenvalue weighted by atomic mass is 16.2. The molecule has 1 aliphatic rings. The average molecular weight is 269 g/mol. The van der Waals surface area contributed by atoms with Crippen molar-refractivity contribution in [1.29, 1.82) is 0 Å². The second kappa shape index (κ2) is 5.49. The summed E-state index contributed by atoms with van der Waals surface area (Å²) in [4.78, 5) is 26.3. The summed E-state index contributed by atoms with van der Waals surface area (Å²) in [6, 6.07) is -0.216. The number of rotatable bonds is 3. The van der Waals surface area contributed by atoms with E-state index in [0.717, 1.165) is 19.4 Å². The summed E-state index contributed by atoms with van der Waals surface area (Å²) in [5, 5.41) is 5.69. The van der Waals surface area contributed by atoms with Gasteiger partial charge in [0.25, 0.3) is 0 Å². The van der Waals surface area contributed by atoms with Crippen LogP contribution in [0.25, 0.3) is 0 Å². The van der Waals surface area contributed by atoms with E-state index in [1.165, 1.54) is 0 Å². The number of hydrogen-bond donors (Lipinski definition) is 2. The molecule has 1 atom stereocenters. The molecular weight excluding hydrogens is 242 g/mol. The van der Waals surface area contributed by atoms with Crippen LogP contribution >= 0.6 is 0 Å². The Morgan fingerprint density at radius 2 is 1.74 bits per heavy atom. The Hall–Kier alpha value is -1.10. The molecule has 19 heavy (non-hydrogen) atoms. The van der Waals surface area contributed by atoms with Gasteiger partial charge in [-0.05, 0) is 47.5 Å². The molecular formula is C14H27N3O2.